The average molecular weight is 282 g/mol. The Hall–Kier alpha value is -0.660. The van der Waals surface area contributed by atoms with Gasteiger partial charge in [0, 0.05) is 11.8 Å². The number of rotatable bonds is 9. The maximum atomic E-state index is 10.8. The fourth-order valence-electron chi connectivity index (χ4n) is 2.94. The molecule has 0 saturated heterocycles. The van der Waals surface area contributed by atoms with Crippen LogP contribution in [0.4, 0.5) is 0 Å². The minimum Gasteiger partial charge on any atom is -0.303 e. The highest BCUT2D eigenvalue weighted by Crippen LogP contribution is 2.57. The van der Waals surface area contributed by atoms with Gasteiger partial charge in [-0.1, -0.05) is 59.8 Å². The third-order valence-electron chi connectivity index (χ3n) is 5.06. The van der Waals surface area contributed by atoms with Crippen LogP contribution in [0.25, 0.3) is 0 Å². The highest BCUT2D eigenvalue weighted by Gasteiger charge is 2.51. The summed E-state index contributed by atoms with van der Waals surface area (Å²) in [7, 11) is 0. The Bertz CT molecular complexity index is 275. The van der Waals surface area contributed by atoms with Gasteiger partial charge in [-0.15, -0.1) is 0 Å². The topological polar surface area (TPSA) is 34.1 Å². The molecule has 1 fully saturated rings. The molecule has 1 aliphatic carbocycles. The smallest absolute Gasteiger partial charge is 0.126 e. The molecule has 118 valence electrons. The van der Waals surface area contributed by atoms with Crippen molar-refractivity contribution in [3.8, 4) is 0 Å². The van der Waals surface area contributed by atoms with Gasteiger partial charge in [0.15, 0.2) is 0 Å². The summed E-state index contributed by atoms with van der Waals surface area (Å²) < 4.78 is 0. The molecule has 1 saturated carbocycles. The molecule has 2 atom stereocenters. The van der Waals surface area contributed by atoms with Crippen molar-refractivity contribution in [3.63, 3.8) is 0 Å². The first-order valence-electron chi connectivity index (χ1n) is 8.39. The SMILES string of the molecule is CCCC1(C)CCC1(C)C=O.CCCCCCCC=O. The number of unbranched alkanes of at least 4 members (excludes halogenated alkanes) is 5. The Balaban J connectivity index is 0.000000370. The molecule has 0 N–H and O–H groups in total. The third-order valence-corrected chi connectivity index (χ3v) is 5.06. The number of carbonyl (C=O) groups is 2. The van der Waals surface area contributed by atoms with Gasteiger partial charge in [0.1, 0.15) is 12.6 Å². The maximum Gasteiger partial charge on any atom is 0.126 e. The molecule has 0 amide bonds. The van der Waals surface area contributed by atoms with E-state index in [1.54, 1.807) is 0 Å². The quantitative estimate of drug-likeness (QED) is 0.422. The van der Waals surface area contributed by atoms with Crippen LogP contribution in [-0.2, 0) is 9.59 Å². The minimum absolute atomic E-state index is 0.0109. The van der Waals surface area contributed by atoms with Crippen molar-refractivity contribution < 1.29 is 9.59 Å². The van der Waals surface area contributed by atoms with Gasteiger partial charge in [-0.25, -0.2) is 0 Å². The first-order chi connectivity index (χ1) is 9.49. The Labute approximate surface area is 125 Å². The van der Waals surface area contributed by atoms with Crippen molar-refractivity contribution >= 4 is 12.6 Å². The first-order valence-corrected chi connectivity index (χ1v) is 8.39. The summed E-state index contributed by atoms with van der Waals surface area (Å²) >= 11 is 0. The Morgan fingerprint density at radius 1 is 0.900 bits per heavy atom. The van der Waals surface area contributed by atoms with E-state index in [1.165, 1.54) is 44.9 Å². The highest BCUT2D eigenvalue weighted by molar-refractivity contribution is 5.62. The molecule has 1 aliphatic rings. The minimum atomic E-state index is -0.0109. The van der Waals surface area contributed by atoms with Gasteiger partial charge < -0.3 is 9.59 Å². The standard InChI is InChI=1S/C10H18O.C8H16O/c1-4-5-9(2)6-7-10(9,3)8-11;1-2-3-4-5-6-7-8-9/h8H,4-7H2,1-3H3;8H,2-7H2,1H3. The Morgan fingerprint density at radius 2 is 1.55 bits per heavy atom. The van der Waals surface area contributed by atoms with Gasteiger partial charge in [-0.2, -0.15) is 0 Å². The fraction of sp³-hybridized carbons (Fsp3) is 0.889. The largest absolute Gasteiger partial charge is 0.303 e. The second kappa shape index (κ2) is 10.1. The molecule has 0 radical (unpaired) electrons. The van der Waals surface area contributed by atoms with Crippen molar-refractivity contribution in [2.75, 3.05) is 0 Å². The molecular formula is C18H34O2. The maximum absolute atomic E-state index is 10.8. The molecule has 0 aromatic heterocycles. The number of hydrogen-bond acceptors (Lipinski definition) is 2. The van der Waals surface area contributed by atoms with E-state index in [0.29, 0.717) is 5.41 Å². The van der Waals surface area contributed by atoms with E-state index in [1.807, 2.05) is 0 Å². The average Bonchev–Trinajstić information content (AvgIpc) is 2.46. The van der Waals surface area contributed by atoms with Crippen molar-refractivity contribution in [2.45, 2.75) is 91.9 Å². The van der Waals surface area contributed by atoms with Crippen LogP contribution >= 0.6 is 0 Å². The van der Waals surface area contributed by atoms with Crippen LogP contribution in [0.1, 0.15) is 91.9 Å². The molecule has 1 rings (SSSR count). The monoisotopic (exact) mass is 282 g/mol. The zero-order valence-electron chi connectivity index (χ0n) is 14.0. The third kappa shape index (κ3) is 5.76. The van der Waals surface area contributed by atoms with Gasteiger partial charge in [-0.3, -0.25) is 0 Å². The lowest BCUT2D eigenvalue weighted by atomic mass is 9.50. The van der Waals surface area contributed by atoms with Gasteiger partial charge in [0.25, 0.3) is 0 Å². The van der Waals surface area contributed by atoms with Crippen LogP contribution in [0, 0.1) is 10.8 Å². The number of carbonyl (C=O) groups excluding carboxylic acids is 2. The fourth-order valence-corrected chi connectivity index (χ4v) is 2.94. The van der Waals surface area contributed by atoms with E-state index < -0.39 is 0 Å². The van der Waals surface area contributed by atoms with E-state index in [9.17, 15) is 9.59 Å². The molecule has 0 aliphatic heterocycles. The van der Waals surface area contributed by atoms with Crippen LogP contribution in [0.2, 0.25) is 0 Å². The Kier molecular flexibility index (Phi) is 9.79. The lowest BCUT2D eigenvalue weighted by molar-refractivity contribution is -0.135. The first kappa shape index (κ1) is 19.3. The van der Waals surface area contributed by atoms with Crippen LogP contribution in [0.5, 0.6) is 0 Å². The summed E-state index contributed by atoms with van der Waals surface area (Å²) in [6.07, 6.45) is 13.8. The zero-order valence-corrected chi connectivity index (χ0v) is 14.0. The van der Waals surface area contributed by atoms with Crippen molar-refractivity contribution in [1.82, 2.24) is 0 Å². The van der Waals surface area contributed by atoms with Crippen LogP contribution < -0.4 is 0 Å². The molecule has 0 bridgehead atoms. The predicted molar refractivity (Wildman–Crippen MR) is 85.9 cm³/mol. The second-order valence-corrected chi connectivity index (χ2v) is 6.72. The highest BCUT2D eigenvalue weighted by atomic mass is 16.1. The van der Waals surface area contributed by atoms with Crippen LogP contribution in [0.15, 0.2) is 0 Å². The summed E-state index contributed by atoms with van der Waals surface area (Å²) in [5, 5.41) is 0. The van der Waals surface area contributed by atoms with Gasteiger partial charge in [0.05, 0.1) is 0 Å². The lowest BCUT2D eigenvalue weighted by Gasteiger charge is -2.53. The summed E-state index contributed by atoms with van der Waals surface area (Å²) in [6, 6.07) is 0. The van der Waals surface area contributed by atoms with E-state index in [4.69, 9.17) is 0 Å². The summed E-state index contributed by atoms with van der Waals surface area (Å²) in [5.41, 5.74) is 0.298. The molecule has 0 spiro atoms. The van der Waals surface area contributed by atoms with E-state index in [2.05, 4.69) is 27.7 Å². The van der Waals surface area contributed by atoms with Gasteiger partial charge in [-0.05, 0) is 31.1 Å². The van der Waals surface area contributed by atoms with Crippen molar-refractivity contribution in [1.29, 1.82) is 0 Å². The van der Waals surface area contributed by atoms with Crippen LogP contribution in [0.3, 0.4) is 0 Å². The van der Waals surface area contributed by atoms with Crippen LogP contribution in [-0.4, -0.2) is 12.6 Å². The van der Waals surface area contributed by atoms with E-state index in [-0.39, 0.29) is 5.41 Å². The lowest BCUT2D eigenvalue weighted by Crippen LogP contribution is -2.48. The molecule has 0 heterocycles. The molecule has 2 heteroatoms. The predicted octanol–water partition coefficient (Wildman–Crippen LogP) is 5.34. The molecule has 0 aromatic carbocycles. The normalized spacial score (nSPS) is 28.0. The number of hydrogen-bond donors (Lipinski definition) is 0. The van der Waals surface area contributed by atoms with Gasteiger partial charge >= 0.3 is 0 Å². The number of aldehydes is 2. The summed E-state index contributed by atoms with van der Waals surface area (Å²) in [6.45, 7) is 8.72. The molecule has 0 aromatic rings. The van der Waals surface area contributed by atoms with Crippen molar-refractivity contribution in [2.24, 2.45) is 10.8 Å². The van der Waals surface area contributed by atoms with Gasteiger partial charge in [0.2, 0.25) is 0 Å². The zero-order chi connectivity index (χ0) is 15.5. The molecule has 20 heavy (non-hydrogen) atoms. The summed E-state index contributed by atoms with van der Waals surface area (Å²) in [5.74, 6) is 0. The molecular weight excluding hydrogens is 248 g/mol. The Morgan fingerprint density at radius 3 is 1.95 bits per heavy atom. The van der Waals surface area contributed by atoms with E-state index >= 15 is 0 Å². The second-order valence-electron chi connectivity index (χ2n) is 6.72. The summed E-state index contributed by atoms with van der Waals surface area (Å²) in [4.78, 5) is 20.6. The molecule has 2 unspecified atom stereocenters. The van der Waals surface area contributed by atoms with E-state index in [0.717, 1.165) is 31.8 Å². The molecule has 2 nitrogen and oxygen atoms in total. The van der Waals surface area contributed by atoms with Crippen molar-refractivity contribution in [3.05, 3.63) is 0 Å².